The van der Waals surface area contributed by atoms with Crippen molar-refractivity contribution < 1.29 is 27.8 Å². The number of fused-ring (bicyclic) bond motifs is 1. The molecule has 1 saturated carbocycles. The predicted octanol–water partition coefficient (Wildman–Crippen LogP) is 5.12. The van der Waals surface area contributed by atoms with Crippen LogP contribution in [0.3, 0.4) is 0 Å². The zero-order chi connectivity index (χ0) is 24.9. The number of rotatable bonds is 8. The van der Waals surface area contributed by atoms with Crippen LogP contribution in [0.2, 0.25) is 0 Å². The molecule has 2 aromatic carbocycles. The van der Waals surface area contributed by atoms with Crippen LogP contribution >= 0.6 is 0 Å². The third-order valence-electron chi connectivity index (χ3n) is 6.95. The van der Waals surface area contributed by atoms with E-state index >= 15 is 0 Å². The SMILES string of the molecule is CCOc1cc(CN(C)C(=O)C2CC3CCCCC3N2C(=O)c2ccccc2)ccc1OC(F)F. The minimum absolute atomic E-state index is 0.0425. The molecule has 3 atom stereocenters. The van der Waals surface area contributed by atoms with Gasteiger partial charge in [0.2, 0.25) is 5.91 Å². The molecule has 4 rings (SSSR count). The zero-order valence-corrected chi connectivity index (χ0v) is 20.2. The fraction of sp³-hybridized carbons (Fsp3) is 0.481. The summed E-state index contributed by atoms with van der Waals surface area (Å²) in [6.07, 6.45) is 4.79. The highest BCUT2D eigenvalue weighted by atomic mass is 19.3. The summed E-state index contributed by atoms with van der Waals surface area (Å²) < 4.78 is 35.4. The van der Waals surface area contributed by atoms with E-state index < -0.39 is 12.7 Å². The Morgan fingerprint density at radius 1 is 1.09 bits per heavy atom. The Morgan fingerprint density at radius 3 is 2.54 bits per heavy atom. The van der Waals surface area contributed by atoms with Crippen molar-refractivity contribution in [2.24, 2.45) is 5.92 Å². The first-order valence-electron chi connectivity index (χ1n) is 12.2. The lowest BCUT2D eigenvalue weighted by Crippen LogP contribution is -2.49. The normalized spacial score (nSPS) is 21.5. The second-order valence-electron chi connectivity index (χ2n) is 9.23. The van der Waals surface area contributed by atoms with Gasteiger partial charge in [-0.25, -0.2) is 0 Å². The first-order valence-corrected chi connectivity index (χ1v) is 12.2. The summed E-state index contributed by atoms with van der Waals surface area (Å²) in [6.45, 7) is -0.651. The van der Waals surface area contributed by atoms with Crippen LogP contribution in [0.5, 0.6) is 11.5 Å². The van der Waals surface area contributed by atoms with Crippen LogP contribution in [0.4, 0.5) is 8.78 Å². The van der Waals surface area contributed by atoms with E-state index in [1.807, 2.05) is 23.1 Å². The Morgan fingerprint density at radius 2 is 1.83 bits per heavy atom. The highest BCUT2D eigenvalue weighted by molar-refractivity contribution is 5.98. The Hall–Kier alpha value is -3.16. The van der Waals surface area contributed by atoms with E-state index in [4.69, 9.17) is 4.74 Å². The van der Waals surface area contributed by atoms with Gasteiger partial charge in [0, 0.05) is 25.2 Å². The van der Waals surface area contributed by atoms with E-state index in [-0.39, 0.29) is 35.9 Å². The first kappa shape index (κ1) is 24.9. The number of carbonyl (C=O) groups is 2. The van der Waals surface area contributed by atoms with E-state index in [9.17, 15) is 18.4 Å². The van der Waals surface area contributed by atoms with E-state index in [2.05, 4.69) is 4.74 Å². The van der Waals surface area contributed by atoms with Crippen LogP contribution < -0.4 is 9.47 Å². The van der Waals surface area contributed by atoms with Gasteiger partial charge in [-0.2, -0.15) is 8.78 Å². The van der Waals surface area contributed by atoms with Crippen LogP contribution in [0.25, 0.3) is 0 Å². The highest BCUT2D eigenvalue weighted by Crippen LogP contribution is 2.41. The number of ether oxygens (including phenoxy) is 2. The third kappa shape index (κ3) is 5.57. The molecule has 0 radical (unpaired) electrons. The van der Waals surface area contributed by atoms with Gasteiger partial charge >= 0.3 is 6.61 Å². The van der Waals surface area contributed by atoms with Crippen molar-refractivity contribution in [1.82, 2.24) is 9.80 Å². The summed E-state index contributed by atoms with van der Waals surface area (Å²) in [6, 6.07) is 13.4. The van der Waals surface area contributed by atoms with Crippen LogP contribution in [0, 0.1) is 5.92 Å². The Bertz CT molecular complexity index is 1030. The minimum atomic E-state index is -2.96. The zero-order valence-electron chi connectivity index (χ0n) is 20.2. The summed E-state index contributed by atoms with van der Waals surface area (Å²) in [5, 5.41) is 0. The van der Waals surface area contributed by atoms with Gasteiger partial charge in [-0.05, 0) is 61.9 Å². The van der Waals surface area contributed by atoms with Gasteiger partial charge in [0.1, 0.15) is 6.04 Å². The fourth-order valence-electron chi connectivity index (χ4n) is 5.42. The number of likely N-dealkylation sites (N-methyl/N-ethyl adjacent to an activating group) is 1. The minimum Gasteiger partial charge on any atom is -0.490 e. The molecule has 2 fully saturated rings. The summed E-state index contributed by atoms with van der Waals surface area (Å²) in [5.74, 6) is 0.278. The van der Waals surface area contributed by atoms with Crippen molar-refractivity contribution >= 4 is 11.8 Å². The first-order chi connectivity index (χ1) is 16.9. The van der Waals surface area contributed by atoms with Crippen LogP contribution in [0.1, 0.15) is 54.9 Å². The maximum Gasteiger partial charge on any atom is 0.387 e. The summed E-state index contributed by atoms with van der Waals surface area (Å²) >= 11 is 0. The molecule has 1 aliphatic heterocycles. The van der Waals surface area contributed by atoms with Gasteiger partial charge in [0.25, 0.3) is 5.91 Å². The molecular weight excluding hydrogens is 454 g/mol. The molecular formula is C27H32F2N2O4. The number of benzene rings is 2. The Kier molecular flexibility index (Phi) is 7.88. The van der Waals surface area contributed by atoms with Gasteiger partial charge < -0.3 is 19.3 Å². The lowest BCUT2D eigenvalue weighted by atomic mass is 9.84. The van der Waals surface area contributed by atoms with Crippen LogP contribution in [-0.2, 0) is 11.3 Å². The quantitative estimate of drug-likeness (QED) is 0.520. The molecule has 35 heavy (non-hydrogen) atoms. The molecule has 2 amide bonds. The van der Waals surface area contributed by atoms with Gasteiger partial charge in [-0.15, -0.1) is 0 Å². The van der Waals surface area contributed by atoms with Crippen LogP contribution in [0.15, 0.2) is 48.5 Å². The van der Waals surface area contributed by atoms with E-state index in [0.717, 1.165) is 31.2 Å². The average Bonchev–Trinajstić information content (AvgIpc) is 3.24. The second kappa shape index (κ2) is 11.1. The molecule has 1 heterocycles. The molecule has 0 aromatic heterocycles. The molecule has 6 nitrogen and oxygen atoms in total. The third-order valence-corrected chi connectivity index (χ3v) is 6.95. The lowest BCUT2D eigenvalue weighted by molar-refractivity contribution is -0.134. The largest absolute Gasteiger partial charge is 0.490 e. The maximum atomic E-state index is 13.6. The molecule has 2 aromatic rings. The molecule has 0 bridgehead atoms. The number of amides is 2. The van der Waals surface area contributed by atoms with E-state index in [1.165, 1.54) is 6.07 Å². The van der Waals surface area contributed by atoms with Crippen molar-refractivity contribution in [2.75, 3.05) is 13.7 Å². The molecule has 3 unspecified atom stereocenters. The van der Waals surface area contributed by atoms with Crippen molar-refractivity contribution in [1.29, 1.82) is 0 Å². The molecule has 0 spiro atoms. The number of alkyl halides is 2. The molecule has 1 saturated heterocycles. The number of nitrogens with zero attached hydrogens (tertiary/aromatic N) is 2. The summed E-state index contributed by atoms with van der Waals surface area (Å²) in [5.41, 5.74) is 1.32. The maximum absolute atomic E-state index is 13.6. The van der Waals surface area contributed by atoms with Gasteiger partial charge in [-0.3, -0.25) is 9.59 Å². The standard InChI is InChI=1S/C27H32F2N2O4/c1-3-34-24-15-18(13-14-23(24)35-27(28)29)17-30(2)26(33)22-16-20-11-7-8-12-21(20)31(22)25(32)19-9-5-4-6-10-19/h4-6,9-10,13-15,20-22,27H,3,7-8,11-12,16-17H2,1-2H3. The Balaban J connectivity index is 1.53. The monoisotopic (exact) mass is 486 g/mol. The molecule has 8 heteroatoms. The van der Waals surface area contributed by atoms with E-state index in [0.29, 0.717) is 24.5 Å². The van der Waals surface area contributed by atoms with E-state index in [1.54, 1.807) is 43.1 Å². The number of hydrogen-bond donors (Lipinski definition) is 0. The van der Waals surface area contributed by atoms with Crippen molar-refractivity contribution in [2.45, 2.75) is 64.3 Å². The lowest BCUT2D eigenvalue weighted by Gasteiger charge is -2.34. The summed E-state index contributed by atoms with van der Waals surface area (Å²) in [7, 11) is 1.71. The van der Waals surface area contributed by atoms with Gasteiger partial charge in [-0.1, -0.05) is 37.1 Å². The molecule has 2 aliphatic rings. The Labute approximate surface area is 204 Å². The predicted molar refractivity (Wildman–Crippen MR) is 127 cm³/mol. The number of carbonyl (C=O) groups excluding carboxylic acids is 2. The highest BCUT2D eigenvalue weighted by Gasteiger charge is 2.48. The molecule has 188 valence electrons. The topological polar surface area (TPSA) is 59.1 Å². The van der Waals surface area contributed by atoms with Gasteiger partial charge in [0.15, 0.2) is 11.5 Å². The second-order valence-corrected chi connectivity index (χ2v) is 9.23. The number of hydrogen-bond acceptors (Lipinski definition) is 4. The smallest absolute Gasteiger partial charge is 0.387 e. The molecule has 1 aliphatic carbocycles. The average molecular weight is 487 g/mol. The molecule has 0 N–H and O–H groups in total. The van der Waals surface area contributed by atoms with Crippen LogP contribution in [-0.4, -0.2) is 54.0 Å². The van der Waals surface area contributed by atoms with Crippen molar-refractivity contribution in [3.8, 4) is 11.5 Å². The fourth-order valence-corrected chi connectivity index (χ4v) is 5.42. The summed E-state index contributed by atoms with van der Waals surface area (Å²) in [4.78, 5) is 30.6. The van der Waals surface area contributed by atoms with Gasteiger partial charge in [0.05, 0.1) is 6.61 Å². The van der Waals surface area contributed by atoms with Crippen molar-refractivity contribution in [3.63, 3.8) is 0 Å². The number of likely N-dealkylation sites (tertiary alicyclic amines) is 1. The van der Waals surface area contributed by atoms with Crippen molar-refractivity contribution in [3.05, 3.63) is 59.7 Å². The number of halogens is 2.